The Morgan fingerprint density at radius 2 is 1.43 bits per heavy atom. The average molecular weight is 520 g/mol. The lowest BCUT2D eigenvalue weighted by molar-refractivity contribution is -0.153. The summed E-state index contributed by atoms with van der Waals surface area (Å²) in [5.74, 6) is -3.80. The molecule has 0 aromatic heterocycles. The van der Waals surface area contributed by atoms with Crippen LogP contribution in [0.25, 0.3) is 33.0 Å². The smallest absolute Gasteiger partial charge is 0.422 e. The fraction of sp³-hybridized carbons (Fsp3) is 0.241. The molecule has 37 heavy (non-hydrogen) atoms. The molecule has 0 N–H and O–H groups in total. The summed E-state index contributed by atoms with van der Waals surface area (Å²) in [6.45, 7) is 0.403. The second-order valence-corrected chi connectivity index (χ2v) is 8.80. The number of fused-ring (bicyclic) bond motifs is 1. The molecule has 0 saturated heterocycles. The first-order chi connectivity index (χ1) is 17.6. The van der Waals surface area contributed by atoms with Crippen LogP contribution in [-0.4, -0.2) is 12.8 Å². The van der Waals surface area contributed by atoms with Crippen molar-refractivity contribution in [2.24, 2.45) is 0 Å². The summed E-state index contributed by atoms with van der Waals surface area (Å²) in [6, 6.07) is 13.0. The van der Waals surface area contributed by atoms with E-state index in [0.717, 1.165) is 31.4 Å². The largest absolute Gasteiger partial charge is 0.481 e. The minimum absolute atomic E-state index is 0.00335. The standard InChI is InChI=1S/C29H23F7O/c1-2-3-4-5-17-12-24(31)27(25(32)13-17)20-7-9-21(23(30)15-20)18-6-10-22-19(14-18)8-11-26(28(22)33)37-16-29(34,35)36/h6-15H,2-5,16H2,1H3. The van der Waals surface area contributed by atoms with Crippen molar-refractivity contribution in [3.8, 4) is 28.0 Å². The van der Waals surface area contributed by atoms with Crippen LogP contribution in [0.1, 0.15) is 31.7 Å². The molecule has 0 aliphatic carbocycles. The highest BCUT2D eigenvalue weighted by Crippen LogP contribution is 2.35. The summed E-state index contributed by atoms with van der Waals surface area (Å²) < 4.78 is 101. The lowest BCUT2D eigenvalue weighted by atomic mass is 9.96. The van der Waals surface area contributed by atoms with Gasteiger partial charge in [-0.2, -0.15) is 13.2 Å². The number of benzene rings is 4. The number of hydrogen-bond donors (Lipinski definition) is 0. The average Bonchev–Trinajstić information content (AvgIpc) is 2.83. The Bertz CT molecular complexity index is 1400. The van der Waals surface area contributed by atoms with E-state index in [9.17, 15) is 26.3 Å². The molecular formula is C29H23F7O. The quantitative estimate of drug-likeness (QED) is 0.166. The van der Waals surface area contributed by atoms with Crippen molar-refractivity contribution in [2.75, 3.05) is 6.61 Å². The van der Waals surface area contributed by atoms with Gasteiger partial charge >= 0.3 is 6.18 Å². The maximum absolute atomic E-state index is 15.1. The molecule has 194 valence electrons. The molecule has 4 aromatic rings. The molecule has 1 nitrogen and oxygen atoms in total. The molecule has 0 aliphatic heterocycles. The first kappa shape index (κ1) is 26.5. The predicted octanol–water partition coefficient (Wildman–Crippen LogP) is 9.40. The highest BCUT2D eigenvalue weighted by molar-refractivity contribution is 5.89. The number of rotatable bonds is 8. The summed E-state index contributed by atoms with van der Waals surface area (Å²) in [5.41, 5.74) is 0.721. The predicted molar refractivity (Wildman–Crippen MR) is 129 cm³/mol. The molecule has 0 bridgehead atoms. The second-order valence-electron chi connectivity index (χ2n) is 8.80. The van der Waals surface area contributed by atoms with Gasteiger partial charge in [0.25, 0.3) is 0 Å². The third-order valence-electron chi connectivity index (χ3n) is 6.05. The van der Waals surface area contributed by atoms with Gasteiger partial charge in [0.1, 0.15) is 17.5 Å². The zero-order chi connectivity index (χ0) is 26.7. The van der Waals surface area contributed by atoms with E-state index in [-0.39, 0.29) is 22.1 Å². The third kappa shape index (κ3) is 6.06. The SMILES string of the molecule is CCCCCc1cc(F)c(-c2ccc(-c3ccc4c(F)c(OCC(F)(F)F)ccc4c3)c(F)c2)c(F)c1. The highest BCUT2D eigenvalue weighted by atomic mass is 19.4. The Kier molecular flexibility index (Phi) is 7.76. The number of alkyl halides is 3. The van der Waals surface area contributed by atoms with Gasteiger partial charge in [0.05, 0.1) is 5.56 Å². The molecule has 4 aromatic carbocycles. The molecule has 0 unspecified atom stereocenters. The van der Waals surface area contributed by atoms with Gasteiger partial charge in [-0.05, 0) is 65.3 Å². The number of unbranched alkanes of at least 4 members (excludes halogenated alkanes) is 2. The number of hydrogen-bond acceptors (Lipinski definition) is 1. The molecule has 0 aliphatic rings. The topological polar surface area (TPSA) is 9.23 Å². The molecule has 0 radical (unpaired) electrons. The number of aryl methyl sites for hydroxylation is 1. The molecule has 0 spiro atoms. The van der Waals surface area contributed by atoms with Crippen LogP contribution >= 0.6 is 0 Å². The Hall–Kier alpha value is -3.55. The molecule has 8 heteroatoms. The minimum atomic E-state index is -4.61. The monoisotopic (exact) mass is 520 g/mol. The van der Waals surface area contributed by atoms with Gasteiger partial charge in [0.15, 0.2) is 18.2 Å². The zero-order valence-electron chi connectivity index (χ0n) is 19.9. The fourth-order valence-corrected chi connectivity index (χ4v) is 4.24. The Balaban J connectivity index is 1.62. The Morgan fingerprint density at radius 3 is 2.08 bits per heavy atom. The van der Waals surface area contributed by atoms with Crippen LogP contribution in [0.3, 0.4) is 0 Å². The maximum Gasteiger partial charge on any atom is 0.422 e. The molecule has 0 saturated carbocycles. The van der Waals surface area contributed by atoms with E-state index in [1.807, 2.05) is 6.92 Å². The fourth-order valence-electron chi connectivity index (χ4n) is 4.24. The van der Waals surface area contributed by atoms with Gasteiger partial charge in [0.2, 0.25) is 0 Å². The van der Waals surface area contributed by atoms with E-state index in [4.69, 9.17) is 0 Å². The van der Waals surface area contributed by atoms with Gasteiger partial charge in [0, 0.05) is 10.9 Å². The zero-order valence-corrected chi connectivity index (χ0v) is 19.9. The van der Waals surface area contributed by atoms with Crippen LogP contribution in [-0.2, 0) is 6.42 Å². The first-order valence-electron chi connectivity index (χ1n) is 11.8. The van der Waals surface area contributed by atoms with Crippen molar-refractivity contribution in [3.05, 3.63) is 89.5 Å². The summed E-state index contributed by atoms with van der Waals surface area (Å²) in [7, 11) is 0. The van der Waals surface area contributed by atoms with Gasteiger partial charge in [-0.3, -0.25) is 0 Å². The van der Waals surface area contributed by atoms with Crippen molar-refractivity contribution in [3.63, 3.8) is 0 Å². The molecule has 4 rings (SSSR count). The van der Waals surface area contributed by atoms with Crippen LogP contribution in [0.2, 0.25) is 0 Å². The number of halogens is 7. The molecular weight excluding hydrogens is 497 g/mol. The van der Waals surface area contributed by atoms with Crippen molar-refractivity contribution in [1.82, 2.24) is 0 Å². The van der Waals surface area contributed by atoms with E-state index in [2.05, 4.69) is 4.74 Å². The van der Waals surface area contributed by atoms with Crippen molar-refractivity contribution in [2.45, 2.75) is 38.8 Å². The Morgan fingerprint density at radius 1 is 0.730 bits per heavy atom. The lowest BCUT2D eigenvalue weighted by Gasteiger charge is -2.13. The van der Waals surface area contributed by atoms with Gasteiger partial charge in [-0.1, -0.05) is 50.1 Å². The van der Waals surface area contributed by atoms with Crippen molar-refractivity contribution < 1.29 is 35.5 Å². The van der Waals surface area contributed by atoms with E-state index >= 15 is 4.39 Å². The second kappa shape index (κ2) is 10.8. The van der Waals surface area contributed by atoms with Crippen LogP contribution in [0.15, 0.2) is 60.7 Å². The van der Waals surface area contributed by atoms with E-state index in [0.29, 0.717) is 22.9 Å². The van der Waals surface area contributed by atoms with Crippen LogP contribution < -0.4 is 4.74 Å². The van der Waals surface area contributed by atoms with E-state index < -0.39 is 41.8 Å². The number of ether oxygens (including phenoxy) is 1. The van der Waals surface area contributed by atoms with Crippen LogP contribution in [0.5, 0.6) is 5.75 Å². The first-order valence-corrected chi connectivity index (χ1v) is 11.8. The van der Waals surface area contributed by atoms with Gasteiger partial charge < -0.3 is 4.74 Å². The normalized spacial score (nSPS) is 11.8. The van der Waals surface area contributed by atoms with Gasteiger partial charge in [-0.25, -0.2) is 17.6 Å². The third-order valence-corrected chi connectivity index (χ3v) is 6.05. The molecule has 0 heterocycles. The maximum atomic E-state index is 15.1. The van der Waals surface area contributed by atoms with Crippen molar-refractivity contribution in [1.29, 1.82) is 0 Å². The van der Waals surface area contributed by atoms with Crippen LogP contribution in [0.4, 0.5) is 30.7 Å². The summed E-state index contributed by atoms with van der Waals surface area (Å²) in [5, 5.41) is 0.317. The minimum Gasteiger partial charge on any atom is -0.481 e. The molecule has 0 atom stereocenters. The van der Waals surface area contributed by atoms with Gasteiger partial charge in [-0.15, -0.1) is 0 Å². The van der Waals surface area contributed by atoms with E-state index in [1.54, 1.807) is 0 Å². The Labute approximate surface area is 209 Å². The molecule has 0 amide bonds. The summed E-state index contributed by atoms with van der Waals surface area (Å²) in [4.78, 5) is 0. The van der Waals surface area contributed by atoms with Crippen LogP contribution in [0, 0.1) is 23.3 Å². The summed E-state index contributed by atoms with van der Waals surface area (Å²) >= 11 is 0. The van der Waals surface area contributed by atoms with Crippen molar-refractivity contribution >= 4 is 10.8 Å². The lowest BCUT2D eigenvalue weighted by Crippen LogP contribution is -2.19. The summed E-state index contributed by atoms with van der Waals surface area (Å²) in [6.07, 6.45) is -1.31. The van der Waals surface area contributed by atoms with E-state index in [1.165, 1.54) is 48.5 Å². The highest BCUT2D eigenvalue weighted by Gasteiger charge is 2.29. The molecule has 0 fully saturated rings.